The van der Waals surface area contributed by atoms with Gasteiger partial charge < -0.3 is 13.7 Å². The fourth-order valence-electron chi connectivity index (χ4n) is 2.52. The van der Waals surface area contributed by atoms with Crippen molar-refractivity contribution in [3.8, 4) is 11.5 Å². The summed E-state index contributed by atoms with van der Waals surface area (Å²) in [5, 5.41) is 0. The van der Waals surface area contributed by atoms with Crippen molar-refractivity contribution < 1.29 is 26.9 Å². The molecule has 0 aromatic heterocycles. The number of allylic oxidation sites excluding steroid dienone is 1. The van der Waals surface area contributed by atoms with Gasteiger partial charge in [-0.1, -0.05) is 39.7 Å². The van der Waals surface area contributed by atoms with Crippen molar-refractivity contribution in [1.82, 2.24) is 0 Å². The van der Waals surface area contributed by atoms with Gasteiger partial charge in [-0.15, -0.1) is 0 Å². The molecule has 0 saturated heterocycles. The van der Waals surface area contributed by atoms with E-state index < -0.39 is 16.1 Å². The van der Waals surface area contributed by atoms with E-state index in [2.05, 4.69) is 15.9 Å². The van der Waals surface area contributed by atoms with Crippen molar-refractivity contribution in [2.45, 2.75) is 32.1 Å². The smallest absolute Gasteiger partial charge is 0.339 e. The van der Waals surface area contributed by atoms with Gasteiger partial charge in [0.15, 0.2) is 11.5 Å². The third-order valence-electron chi connectivity index (χ3n) is 4.09. The monoisotopic (exact) mass is 482 g/mol. The number of carbonyl (C=O) groups is 1. The molecule has 0 aliphatic heterocycles. The van der Waals surface area contributed by atoms with E-state index >= 15 is 0 Å². The van der Waals surface area contributed by atoms with Gasteiger partial charge in [-0.2, -0.15) is 8.42 Å². The molecule has 6 nitrogen and oxygen atoms in total. The first-order valence-corrected chi connectivity index (χ1v) is 11.1. The zero-order valence-electron chi connectivity index (χ0n) is 16.7. The SMILES string of the molecule is CCOC(=O)/C(C)=C/Cc1c(Br)ccc(OS(=O)(=O)c2ccc(C)cc2)c1OC. The average Bonchev–Trinajstić information content (AvgIpc) is 2.68. The summed E-state index contributed by atoms with van der Waals surface area (Å²) >= 11 is 3.44. The highest BCUT2D eigenvalue weighted by atomic mass is 79.9. The number of methoxy groups -OCH3 is 1. The summed E-state index contributed by atoms with van der Waals surface area (Å²) in [5.74, 6) is -0.0756. The minimum atomic E-state index is -4.03. The third kappa shape index (κ3) is 5.83. The average molecular weight is 483 g/mol. The molecule has 0 N–H and O–H groups in total. The van der Waals surface area contributed by atoms with Crippen LogP contribution in [0.5, 0.6) is 11.5 Å². The van der Waals surface area contributed by atoms with E-state index in [0.717, 1.165) is 5.56 Å². The van der Waals surface area contributed by atoms with Crippen LogP contribution in [0.3, 0.4) is 0 Å². The van der Waals surface area contributed by atoms with E-state index in [1.54, 1.807) is 38.1 Å². The fraction of sp³-hybridized carbons (Fsp3) is 0.286. The molecule has 0 unspecified atom stereocenters. The van der Waals surface area contributed by atoms with Crippen LogP contribution < -0.4 is 8.92 Å². The molecule has 0 heterocycles. The van der Waals surface area contributed by atoms with Gasteiger partial charge in [-0.25, -0.2) is 4.79 Å². The molecule has 0 atom stereocenters. The first kappa shape index (κ1) is 23.0. The minimum absolute atomic E-state index is 0.0488. The largest absolute Gasteiger partial charge is 0.492 e. The van der Waals surface area contributed by atoms with Crippen LogP contribution in [0.2, 0.25) is 0 Å². The lowest BCUT2D eigenvalue weighted by molar-refractivity contribution is -0.138. The van der Waals surface area contributed by atoms with Gasteiger partial charge in [0.25, 0.3) is 0 Å². The molecular weight excluding hydrogens is 460 g/mol. The molecule has 0 saturated carbocycles. The quantitative estimate of drug-likeness (QED) is 0.311. The highest BCUT2D eigenvalue weighted by Crippen LogP contribution is 2.38. The van der Waals surface area contributed by atoms with Crippen molar-refractivity contribution >= 4 is 32.0 Å². The molecule has 156 valence electrons. The van der Waals surface area contributed by atoms with Crippen LogP contribution in [0.25, 0.3) is 0 Å². The Morgan fingerprint density at radius 2 is 1.79 bits per heavy atom. The zero-order valence-corrected chi connectivity index (χ0v) is 19.1. The minimum Gasteiger partial charge on any atom is -0.492 e. The summed E-state index contributed by atoms with van der Waals surface area (Å²) in [5.41, 5.74) is 2.03. The predicted molar refractivity (Wildman–Crippen MR) is 114 cm³/mol. The Bertz CT molecular complexity index is 1010. The van der Waals surface area contributed by atoms with Crippen LogP contribution in [0.4, 0.5) is 0 Å². The number of hydrogen-bond acceptors (Lipinski definition) is 6. The molecule has 0 radical (unpaired) electrons. The Balaban J connectivity index is 2.37. The molecule has 2 aromatic rings. The second kappa shape index (κ2) is 9.93. The Hall–Kier alpha value is -2.32. The summed E-state index contributed by atoms with van der Waals surface area (Å²) in [6.45, 7) is 5.55. The van der Waals surface area contributed by atoms with Crippen LogP contribution in [0.15, 0.2) is 57.4 Å². The molecule has 8 heteroatoms. The number of halogens is 1. The van der Waals surface area contributed by atoms with Crippen molar-refractivity contribution in [3.63, 3.8) is 0 Å². The van der Waals surface area contributed by atoms with Crippen molar-refractivity contribution in [1.29, 1.82) is 0 Å². The molecule has 0 amide bonds. The van der Waals surface area contributed by atoms with E-state index in [1.165, 1.54) is 25.3 Å². The number of carbonyl (C=O) groups excluding carboxylic acids is 1. The molecule has 0 bridgehead atoms. The first-order chi connectivity index (χ1) is 13.7. The van der Waals surface area contributed by atoms with Gasteiger partial charge in [0.05, 0.1) is 13.7 Å². The van der Waals surface area contributed by atoms with Crippen LogP contribution in [0, 0.1) is 6.92 Å². The standard InChI is InChI=1S/C21H23BrO6S/c1-5-27-21(23)15(3)8-11-17-18(22)12-13-19(20(17)26-4)28-29(24,25)16-9-6-14(2)7-10-16/h6-10,12-13H,5,11H2,1-4H3/b15-8+. The van der Waals surface area contributed by atoms with Crippen LogP contribution >= 0.6 is 15.9 Å². The highest BCUT2D eigenvalue weighted by molar-refractivity contribution is 9.10. The van der Waals surface area contributed by atoms with Crippen LogP contribution in [-0.4, -0.2) is 28.1 Å². The lowest BCUT2D eigenvalue weighted by atomic mass is 10.1. The topological polar surface area (TPSA) is 78.9 Å². The van der Waals surface area contributed by atoms with Crippen LogP contribution in [-0.2, 0) is 26.1 Å². The molecular formula is C21H23BrO6S. The van der Waals surface area contributed by atoms with Gasteiger partial charge >= 0.3 is 16.1 Å². The van der Waals surface area contributed by atoms with E-state index in [-0.39, 0.29) is 23.0 Å². The van der Waals surface area contributed by atoms with E-state index in [4.69, 9.17) is 13.7 Å². The highest BCUT2D eigenvalue weighted by Gasteiger charge is 2.22. The molecule has 2 aromatic carbocycles. The molecule has 0 aliphatic rings. The molecule has 29 heavy (non-hydrogen) atoms. The maximum atomic E-state index is 12.6. The Labute approximate surface area is 179 Å². The number of benzene rings is 2. The Kier molecular flexibility index (Phi) is 7.87. The number of hydrogen-bond donors (Lipinski definition) is 0. The van der Waals surface area contributed by atoms with Gasteiger partial charge in [-0.05, 0) is 51.5 Å². The maximum absolute atomic E-state index is 12.6. The van der Waals surface area contributed by atoms with Crippen LogP contribution in [0.1, 0.15) is 25.0 Å². The van der Waals surface area contributed by atoms with Crippen molar-refractivity contribution in [2.75, 3.05) is 13.7 Å². The van der Waals surface area contributed by atoms with E-state index in [9.17, 15) is 13.2 Å². The Morgan fingerprint density at radius 3 is 2.38 bits per heavy atom. The van der Waals surface area contributed by atoms with Gasteiger partial charge in [0.1, 0.15) is 4.90 Å². The summed E-state index contributed by atoms with van der Waals surface area (Å²) in [6, 6.07) is 9.56. The Morgan fingerprint density at radius 1 is 1.14 bits per heavy atom. The van der Waals surface area contributed by atoms with Crippen molar-refractivity contribution in [2.24, 2.45) is 0 Å². The van der Waals surface area contributed by atoms with Gasteiger partial charge in [-0.3, -0.25) is 0 Å². The zero-order chi connectivity index (χ0) is 21.6. The summed E-state index contributed by atoms with van der Waals surface area (Å²) in [4.78, 5) is 11.9. The molecule has 2 rings (SSSR count). The van der Waals surface area contributed by atoms with Gasteiger partial charge in [0.2, 0.25) is 0 Å². The maximum Gasteiger partial charge on any atom is 0.339 e. The lowest BCUT2D eigenvalue weighted by Crippen LogP contribution is -2.11. The molecule has 0 fully saturated rings. The second-order valence-corrected chi connectivity index (χ2v) is 8.62. The summed E-state index contributed by atoms with van der Waals surface area (Å²) in [7, 11) is -2.60. The normalized spacial score (nSPS) is 11.8. The fourth-order valence-corrected chi connectivity index (χ4v) is 3.92. The number of esters is 1. The summed E-state index contributed by atoms with van der Waals surface area (Å²) < 4.78 is 41.7. The third-order valence-corrected chi connectivity index (χ3v) is 6.08. The predicted octanol–water partition coefficient (Wildman–Crippen LogP) is 4.59. The first-order valence-electron chi connectivity index (χ1n) is 8.90. The second-order valence-electron chi connectivity index (χ2n) is 6.22. The lowest BCUT2D eigenvalue weighted by Gasteiger charge is -2.15. The van der Waals surface area contributed by atoms with E-state index in [1.807, 2.05) is 6.92 Å². The number of ether oxygens (including phenoxy) is 2. The van der Waals surface area contributed by atoms with Gasteiger partial charge in [0, 0.05) is 15.6 Å². The molecule has 0 spiro atoms. The summed E-state index contributed by atoms with van der Waals surface area (Å²) in [6.07, 6.45) is 2.01. The molecule has 0 aliphatic carbocycles. The number of rotatable bonds is 8. The number of aryl methyl sites for hydroxylation is 1. The van der Waals surface area contributed by atoms with Crippen molar-refractivity contribution in [3.05, 3.63) is 63.6 Å². The van der Waals surface area contributed by atoms with E-state index in [0.29, 0.717) is 22.0 Å².